The van der Waals surface area contributed by atoms with Gasteiger partial charge in [0.1, 0.15) is 18.4 Å². The van der Waals surface area contributed by atoms with Crippen LogP contribution in [0.2, 0.25) is 5.02 Å². The Morgan fingerprint density at radius 2 is 2.03 bits per heavy atom. The molecule has 0 bridgehead atoms. The third-order valence-electron chi connectivity index (χ3n) is 6.97. The summed E-state index contributed by atoms with van der Waals surface area (Å²) in [6, 6.07) is 9.98. The first kappa shape index (κ1) is 25.0. The van der Waals surface area contributed by atoms with Crippen molar-refractivity contribution < 1.29 is 28.7 Å². The van der Waals surface area contributed by atoms with Gasteiger partial charge in [0, 0.05) is 23.2 Å². The number of fused-ring (bicyclic) bond motifs is 2. The summed E-state index contributed by atoms with van der Waals surface area (Å²) < 4.78 is 21.7. The van der Waals surface area contributed by atoms with Crippen molar-refractivity contribution in [3.8, 4) is 5.75 Å². The highest BCUT2D eigenvalue weighted by Gasteiger charge is 2.57. The van der Waals surface area contributed by atoms with Gasteiger partial charge in [0.2, 0.25) is 5.91 Å². The Balaban J connectivity index is 1.36. The molecule has 1 saturated heterocycles. The molecule has 37 heavy (non-hydrogen) atoms. The first-order valence-corrected chi connectivity index (χ1v) is 12.3. The number of rotatable bonds is 8. The maximum Gasteiger partial charge on any atom is 0.323 e. The lowest BCUT2D eigenvalue weighted by Gasteiger charge is -2.28. The van der Waals surface area contributed by atoms with Crippen LogP contribution >= 0.6 is 11.6 Å². The van der Waals surface area contributed by atoms with Gasteiger partial charge < -0.3 is 20.5 Å². The highest BCUT2D eigenvalue weighted by atomic mass is 35.5. The molecule has 0 radical (unpaired) electrons. The van der Waals surface area contributed by atoms with Gasteiger partial charge in [-0.3, -0.25) is 14.2 Å². The zero-order chi connectivity index (χ0) is 26.3. The Hall–Kier alpha value is -3.63. The van der Waals surface area contributed by atoms with Crippen molar-refractivity contribution in [1.82, 2.24) is 14.6 Å². The van der Waals surface area contributed by atoms with Crippen molar-refractivity contribution in [2.75, 3.05) is 19.8 Å². The zero-order valence-electron chi connectivity index (χ0n) is 19.8. The number of hydrogen-bond donors (Lipinski definition) is 2. The largest absolute Gasteiger partial charge is 0.491 e. The number of piperidine rings is 1. The number of carbonyl (C=O) groups is 3. The van der Waals surface area contributed by atoms with Crippen LogP contribution in [0.15, 0.2) is 48.7 Å². The van der Waals surface area contributed by atoms with Crippen molar-refractivity contribution in [3.05, 3.63) is 64.8 Å². The summed E-state index contributed by atoms with van der Waals surface area (Å²) in [5, 5.41) is 10.2. The van der Waals surface area contributed by atoms with E-state index in [0.717, 1.165) is 6.42 Å². The van der Waals surface area contributed by atoms with E-state index < -0.39 is 18.0 Å². The Kier molecular flexibility index (Phi) is 6.78. The number of ether oxygens (including phenoxy) is 1. The van der Waals surface area contributed by atoms with Gasteiger partial charge in [0.25, 0.3) is 5.91 Å². The molecular weight excluding hydrogens is 503 g/mol. The van der Waals surface area contributed by atoms with Crippen LogP contribution in [0.25, 0.3) is 10.9 Å². The topological polar surface area (TPSA) is 118 Å². The van der Waals surface area contributed by atoms with Gasteiger partial charge in [-0.05, 0) is 59.7 Å². The normalized spacial score (nSPS) is 20.1. The molecule has 2 heterocycles. The molecule has 1 saturated carbocycles. The number of hydrogen-bond acceptors (Lipinski definition) is 5. The molecule has 3 atom stereocenters. The number of benzene rings is 2. The lowest BCUT2D eigenvalue weighted by Crippen LogP contribution is -2.48. The molecule has 9 nitrogen and oxygen atoms in total. The molecular formula is C26H26ClFN4O5. The fourth-order valence-corrected chi connectivity index (χ4v) is 5.39. The summed E-state index contributed by atoms with van der Waals surface area (Å²) in [6.45, 7) is 0.0368. The molecule has 2 fully saturated rings. The standard InChI is InChI=1S/C26H26ClFN4O5/c27-18-3-1-2-15(8-18)12-32(28)25(35)24-21-9-16(21)14-31(24)23(34)10-17-13-30(26(29)36)22-5-4-19(11-20(17)22)37-7-6-33/h1-5,8,11,13,16,21,24,33H,6-7,9-10,12,14H2,(H2,29,36)/t16-,21-,24-/m0/s1. The van der Waals surface area contributed by atoms with Crippen LogP contribution in [0.4, 0.5) is 9.28 Å². The Bertz CT molecular complexity index is 1380. The van der Waals surface area contributed by atoms with E-state index in [4.69, 9.17) is 27.2 Å². The molecule has 2 aromatic carbocycles. The summed E-state index contributed by atoms with van der Waals surface area (Å²) in [5.41, 5.74) is 7.09. The Labute approximate surface area is 217 Å². The minimum Gasteiger partial charge on any atom is -0.491 e. The van der Waals surface area contributed by atoms with Crippen LogP contribution in [0.5, 0.6) is 5.75 Å². The van der Waals surface area contributed by atoms with E-state index in [1.54, 1.807) is 42.5 Å². The van der Waals surface area contributed by atoms with Gasteiger partial charge in [-0.15, -0.1) is 0 Å². The monoisotopic (exact) mass is 528 g/mol. The lowest BCUT2D eigenvalue weighted by molar-refractivity contribution is -0.157. The highest BCUT2D eigenvalue weighted by molar-refractivity contribution is 6.30. The van der Waals surface area contributed by atoms with Crippen LogP contribution in [-0.2, 0) is 22.6 Å². The number of carbonyl (C=O) groups excluding carboxylic acids is 3. The Morgan fingerprint density at radius 1 is 1.22 bits per heavy atom. The summed E-state index contributed by atoms with van der Waals surface area (Å²) >= 11 is 5.98. The summed E-state index contributed by atoms with van der Waals surface area (Å²) in [5.74, 6) is -0.533. The highest BCUT2D eigenvalue weighted by Crippen LogP contribution is 2.50. The first-order valence-electron chi connectivity index (χ1n) is 12.0. The smallest absolute Gasteiger partial charge is 0.323 e. The molecule has 1 aliphatic carbocycles. The number of nitrogens with two attached hydrogens (primary N) is 1. The molecule has 3 aromatic rings. The van der Waals surface area contributed by atoms with E-state index in [1.165, 1.54) is 15.7 Å². The predicted octanol–water partition coefficient (Wildman–Crippen LogP) is 2.90. The second kappa shape index (κ2) is 10.0. The Morgan fingerprint density at radius 3 is 2.76 bits per heavy atom. The molecule has 0 spiro atoms. The summed E-state index contributed by atoms with van der Waals surface area (Å²) in [4.78, 5) is 40.0. The van der Waals surface area contributed by atoms with E-state index in [2.05, 4.69) is 0 Å². The van der Waals surface area contributed by atoms with Crippen LogP contribution in [0.3, 0.4) is 0 Å². The predicted molar refractivity (Wildman–Crippen MR) is 133 cm³/mol. The third kappa shape index (κ3) is 4.99. The number of halogens is 2. The fraction of sp³-hybridized carbons (Fsp3) is 0.346. The van der Waals surface area contributed by atoms with Crippen LogP contribution < -0.4 is 10.5 Å². The van der Waals surface area contributed by atoms with Crippen molar-refractivity contribution in [3.63, 3.8) is 0 Å². The lowest BCUT2D eigenvalue weighted by atomic mass is 10.1. The number of amides is 3. The summed E-state index contributed by atoms with van der Waals surface area (Å²) in [6.07, 6.45) is 2.16. The number of primary amides is 1. The molecule has 3 N–H and O–H groups in total. The van der Waals surface area contributed by atoms with Crippen molar-refractivity contribution in [2.24, 2.45) is 17.6 Å². The van der Waals surface area contributed by atoms with Gasteiger partial charge in [-0.2, -0.15) is 5.12 Å². The van der Waals surface area contributed by atoms with Crippen LogP contribution in [0, 0.1) is 11.8 Å². The molecule has 1 aromatic heterocycles. The van der Waals surface area contributed by atoms with E-state index >= 15 is 0 Å². The van der Waals surface area contributed by atoms with Crippen LogP contribution in [-0.4, -0.2) is 63.3 Å². The van der Waals surface area contributed by atoms with E-state index in [1.807, 2.05) is 0 Å². The van der Waals surface area contributed by atoms with Crippen LogP contribution in [0.1, 0.15) is 17.5 Å². The SMILES string of the molecule is NC(=O)n1cc(CC(=O)N2C[C@@H]3C[C@@H]3[C@H]2C(=O)N(F)Cc2cccc(Cl)c2)c2cc(OCCO)ccc21. The molecule has 3 amide bonds. The molecule has 0 unspecified atom stereocenters. The second-order valence-electron chi connectivity index (χ2n) is 9.43. The van der Waals surface area contributed by atoms with Crippen molar-refractivity contribution in [1.29, 1.82) is 0 Å². The number of aliphatic hydroxyl groups is 1. The van der Waals surface area contributed by atoms with Gasteiger partial charge >= 0.3 is 6.03 Å². The first-order chi connectivity index (χ1) is 17.8. The molecule has 194 valence electrons. The summed E-state index contributed by atoms with van der Waals surface area (Å²) in [7, 11) is 0. The molecule has 2 aliphatic rings. The fourth-order valence-electron chi connectivity index (χ4n) is 5.17. The van der Waals surface area contributed by atoms with Crippen molar-refractivity contribution in [2.45, 2.75) is 25.4 Å². The van der Waals surface area contributed by atoms with E-state index in [9.17, 15) is 18.9 Å². The third-order valence-corrected chi connectivity index (χ3v) is 7.21. The van der Waals surface area contributed by atoms with Crippen molar-refractivity contribution >= 4 is 40.3 Å². The number of nitrogens with zero attached hydrogens (tertiary/aromatic N) is 3. The van der Waals surface area contributed by atoms with E-state index in [-0.39, 0.29) is 49.0 Å². The number of aromatic nitrogens is 1. The van der Waals surface area contributed by atoms with Gasteiger partial charge in [-0.25, -0.2) is 4.79 Å². The van der Waals surface area contributed by atoms with Gasteiger partial charge in [0.05, 0.1) is 25.1 Å². The second-order valence-corrected chi connectivity index (χ2v) is 9.87. The van der Waals surface area contributed by atoms with E-state index in [0.29, 0.717) is 39.3 Å². The average molecular weight is 529 g/mol. The zero-order valence-corrected chi connectivity index (χ0v) is 20.6. The minimum atomic E-state index is -0.880. The molecule has 11 heteroatoms. The van der Waals surface area contributed by atoms with Gasteiger partial charge in [-0.1, -0.05) is 28.2 Å². The quantitative estimate of drug-likeness (QED) is 0.436. The maximum absolute atomic E-state index is 15.0. The molecule has 1 aliphatic heterocycles. The number of likely N-dealkylation sites (tertiary alicyclic amines) is 1. The minimum absolute atomic E-state index is 0.0699. The number of aliphatic hydroxyl groups excluding tert-OH is 1. The molecule has 5 rings (SSSR count). The van der Waals surface area contributed by atoms with Gasteiger partial charge in [0.15, 0.2) is 0 Å². The average Bonchev–Trinajstić information content (AvgIpc) is 3.39. The maximum atomic E-state index is 15.0.